The number of aryl methyl sites for hydroxylation is 2. The van der Waals surface area contributed by atoms with Gasteiger partial charge < -0.3 is 5.73 Å². The van der Waals surface area contributed by atoms with Crippen LogP contribution in [0.4, 0.5) is 0 Å². The summed E-state index contributed by atoms with van der Waals surface area (Å²) in [5.41, 5.74) is 10.6. The molecule has 0 aromatic heterocycles. The van der Waals surface area contributed by atoms with Crippen LogP contribution in [0, 0.1) is 13.8 Å². The first-order chi connectivity index (χ1) is 7.01. The highest BCUT2D eigenvalue weighted by Crippen LogP contribution is 2.41. The van der Waals surface area contributed by atoms with Crippen molar-refractivity contribution in [2.24, 2.45) is 5.73 Å². The SMILES string of the molecule is Cc1ccc(C2(C)CCC(N)C2)c(C)c1. The van der Waals surface area contributed by atoms with E-state index >= 15 is 0 Å². The number of hydrogen-bond acceptors (Lipinski definition) is 1. The Hall–Kier alpha value is -0.820. The molecule has 2 rings (SSSR count). The fourth-order valence-electron chi connectivity index (χ4n) is 3.02. The van der Waals surface area contributed by atoms with Crippen LogP contribution in [0.2, 0.25) is 0 Å². The largest absolute Gasteiger partial charge is 0.328 e. The van der Waals surface area contributed by atoms with Gasteiger partial charge in [-0.15, -0.1) is 0 Å². The molecule has 0 amide bonds. The van der Waals surface area contributed by atoms with Gasteiger partial charge in [0.25, 0.3) is 0 Å². The summed E-state index contributed by atoms with van der Waals surface area (Å²) >= 11 is 0. The number of benzene rings is 1. The van der Waals surface area contributed by atoms with E-state index in [0.29, 0.717) is 11.5 Å². The van der Waals surface area contributed by atoms with E-state index in [1.54, 1.807) is 0 Å². The van der Waals surface area contributed by atoms with E-state index in [4.69, 9.17) is 5.73 Å². The summed E-state index contributed by atoms with van der Waals surface area (Å²) in [5.74, 6) is 0. The van der Waals surface area contributed by atoms with Crippen molar-refractivity contribution >= 4 is 0 Å². The standard InChI is InChI=1S/C14H21N/c1-10-4-5-13(11(2)8-10)14(3)7-6-12(15)9-14/h4-5,8,12H,6-7,9,15H2,1-3H3. The molecule has 1 aliphatic carbocycles. The van der Waals surface area contributed by atoms with Crippen molar-refractivity contribution in [3.63, 3.8) is 0 Å². The maximum Gasteiger partial charge on any atom is 0.00475 e. The van der Waals surface area contributed by atoms with Gasteiger partial charge in [0, 0.05) is 6.04 Å². The Kier molecular flexibility index (Phi) is 2.59. The van der Waals surface area contributed by atoms with Crippen LogP contribution in [0.25, 0.3) is 0 Å². The molecule has 1 aromatic rings. The summed E-state index contributed by atoms with van der Waals surface area (Å²) < 4.78 is 0. The molecule has 0 aliphatic heterocycles. The van der Waals surface area contributed by atoms with Gasteiger partial charge in [0.05, 0.1) is 0 Å². The van der Waals surface area contributed by atoms with Gasteiger partial charge in [0.15, 0.2) is 0 Å². The normalized spacial score (nSPS) is 30.8. The summed E-state index contributed by atoms with van der Waals surface area (Å²) in [6, 6.07) is 7.19. The molecule has 2 N–H and O–H groups in total. The maximum absolute atomic E-state index is 6.03. The average molecular weight is 203 g/mol. The first-order valence-corrected chi connectivity index (χ1v) is 5.84. The summed E-state index contributed by atoms with van der Waals surface area (Å²) in [6.45, 7) is 6.73. The van der Waals surface area contributed by atoms with Crippen molar-refractivity contribution in [3.05, 3.63) is 34.9 Å². The van der Waals surface area contributed by atoms with Crippen LogP contribution in [0.5, 0.6) is 0 Å². The van der Waals surface area contributed by atoms with Gasteiger partial charge in [-0.2, -0.15) is 0 Å². The highest BCUT2D eigenvalue weighted by atomic mass is 14.7. The van der Waals surface area contributed by atoms with Gasteiger partial charge in [-0.05, 0) is 49.7 Å². The molecule has 0 spiro atoms. The van der Waals surface area contributed by atoms with Gasteiger partial charge >= 0.3 is 0 Å². The van der Waals surface area contributed by atoms with E-state index < -0.39 is 0 Å². The minimum atomic E-state index is 0.317. The molecule has 0 saturated heterocycles. The number of rotatable bonds is 1. The zero-order valence-electron chi connectivity index (χ0n) is 10.0. The van der Waals surface area contributed by atoms with Crippen molar-refractivity contribution < 1.29 is 0 Å². The second-order valence-corrected chi connectivity index (χ2v) is 5.38. The van der Waals surface area contributed by atoms with Gasteiger partial charge in [-0.3, -0.25) is 0 Å². The molecule has 15 heavy (non-hydrogen) atoms. The van der Waals surface area contributed by atoms with Crippen LogP contribution in [-0.2, 0) is 5.41 Å². The Bertz CT molecular complexity index is 370. The van der Waals surface area contributed by atoms with Gasteiger partial charge in [-0.25, -0.2) is 0 Å². The van der Waals surface area contributed by atoms with Crippen LogP contribution in [-0.4, -0.2) is 6.04 Å². The Morgan fingerprint density at radius 2 is 2.07 bits per heavy atom. The maximum atomic E-state index is 6.03. The molecule has 1 heteroatoms. The summed E-state index contributed by atoms with van der Waals surface area (Å²) in [6.07, 6.45) is 3.54. The Balaban J connectivity index is 2.37. The first kappa shape index (κ1) is 10.7. The summed E-state index contributed by atoms with van der Waals surface area (Å²) in [4.78, 5) is 0. The Morgan fingerprint density at radius 1 is 1.33 bits per heavy atom. The monoisotopic (exact) mass is 203 g/mol. The second kappa shape index (κ2) is 3.64. The minimum absolute atomic E-state index is 0.317. The summed E-state index contributed by atoms with van der Waals surface area (Å²) in [7, 11) is 0. The molecule has 0 bridgehead atoms. The van der Waals surface area contributed by atoms with Crippen LogP contribution in [0.1, 0.15) is 42.9 Å². The van der Waals surface area contributed by atoms with Crippen LogP contribution in [0.15, 0.2) is 18.2 Å². The molecule has 0 radical (unpaired) electrons. The highest BCUT2D eigenvalue weighted by Gasteiger charge is 2.35. The van der Waals surface area contributed by atoms with E-state index in [1.807, 2.05) is 0 Å². The predicted molar refractivity (Wildman–Crippen MR) is 65.1 cm³/mol. The van der Waals surface area contributed by atoms with E-state index in [1.165, 1.54) is 29.5 Å². The van der Waals surface area contributed by atoms with Crippen molar-refractivity contribution in [1.29, 1.82) is 0 Å². The lowest BCUT2D eigenvalue weighted by Crippen LogP contribution is -2.23. The molecule has 1 fully saturated rings. The number of nitrogens with two attached hydrogens (primary N) is 1. The fourth-order valence-corrected chi connectivity index (χ4v) is 3.02. The molecule has 0 heterocycles. The molecule has 2 atom stereocenters. The van der Waals surface area contributed by atoms with E-state index in [9.17, 15) is 0 Å². The van der Waals surface area contributed by atoms with Crippen molar-refractivity contribution in [2.45, 2.75) is 51.5 Å². The molecule has 1 aromatic carbocycles. The Morgan fingerprint density at radius 3 is 2.60 bits per heavy atom. The third kappa shape index (κ3) is 1.93. The Labute approximate surface area is 92.7 Å². The smallest absolute Gasteiger partial charge is 0.00475 e. The minimum Gasteiger partial charge on any atom is -0.328 e. The lowest BCUT2D eigenvalue weighted by molar-refractivity contribution is 0.479. The predicted octanol–water partition coefficient (Wildman–Crippen LogP) is 3.07. The van der Waals surface area contributed by atoms with Crippen molar-refractivity contribution in [3.8, 4) is 0 Å². The first-order valence-electron chi connectivity index (χ1n) is 5.84. The zero-order valence-corrected chi connectivity index (χ0v) is 10.0. The van der Waals surface area contributed by atoms with Crippen LogP contribution < -0.4 is 5.73 Å². The average Bonchev–Trinajstić information content (AvgIpc) is 2.46. The lowest BCUT2D eigenvalue weighted by Gasteiger charge is -2.26. The van der Waals surface area contributed by atoms with Gasteiger partial charge in [-0.1, -0.05) is 30.7 Å². The molecule has 1 aliphatic rings. The molecule has 1 nitrogen and oxygen atoms in total. The number of hydrogen-bond donors (Lipinski definition) is 1. The van der Waals surface area contributed by atoms with Crippen LogP contribution in [0.3, 0.4) is 0 Å². The lowest BCUT2D eigenvalue weighted by atomic mass is 9.78. The highest BCUT2D eigenvalue weighted by molar-refractivity contribution is 5.37. The van der Waals surface area contributed by atoms with Crippen LogP contribution >= 0.6 is 0 Å². The quantitative estimate of drug-likeness (QED) is 0.746. The van der Waals surface area contributed by atoms with E-state index in [2.05, 4.69) is 39.0 Å². The second-order valence-electron chi connectivity index (χ2n) is 5.38. The molecular weight excluding hydrogens is 182 g/mol. The van der Waals surface area contributed by atoms with Gasteiger partial charge in [0.2, 0.25) is 0 Å². The molecule has 2 unspecified atom stereocenters. The van der Waals surface area contributed by atoms with E-state index in [-0.39, 0.29) is 0 Å². The topological polar surface area (TPSA) is 26.0 Å². The van der Waals surface area contributed by atoms with E-state index in [0.717, 1.165) is 6.42 Å². The molecule has 82 valence electrons. The zero-order chi connectivity index (χ0) is 11.1. The fraction of sp³-hybridized carbons (Fsp3) is 0.571. The van der Waals surface area contributed by atoms with Crippen molar-refractivity contribution in [1.82, 2.24) is 0 Å². The molecular formula is C14H21N. The third-order valence-corrected chi connectivity index (χ3v) is 3.81. The van der Waals surface area contributed by atoms with Crippen molar-refractivity contribution in [2.75, 3.05) is 0 Å². The molecule has 1 saturated carbocycles. The third-order valence-electron chi connectivity index (χ3n) is 3.81. The van der Waals surface area contributed by atoms with Gasteiger partial charge in [0.1, 0.15) is 0 Å². The summed E-state index contributed by atoms with van der Waals surface area (Å²) in [5, 5.41) is 0.